The molecule has 0 spiro atoms. The zero-order valence-electron chi connectivity index (χ0n) is 10.4. The fourth-order valence-corrected chi connectivity index (χ4v) is 1.50. The van der Waals surface area contributed by atoms with E-state index in [1.54, 1.807) is 0 Å². The van der Waals surface area contributed by atoms with Gasteiger partial charge in [-0.05, 0) is 24.1 Å². The maximum atomic E-state index is 11.1. The van der Waals surface area contributed by atoms with Gasteiger partial charge in [0.25, 0.3) is 5.69 Å². The predicted molar refractivity (Wildman–Crippen MR) is 70.1 cm³/mol. The summed E-state index contributed by atoms with van der Waals surface area (Å²) in [6.45, 7) is 1.34. The zero-order chi connectivity index (χ0) is 15.3. The smallest absolute Gasteiger partial charge is 0.335 e. The maximum Gasteiger partial charge on any atom is 0.335 e. The molecule has 0 atom stereocenters. The molecule has 1 aromatic carbocycles. The predicted octanol–water partition coefficient (Wildman–Crippen LogP) is 2.09. The monoisotopic (exact) mass is 277 g/mol. The van der Waals surface area contributed by atoms with Crippen LogP contribution in [0.25, 0.3) is 6.08 Å². The summed E-state index contributed by atoms with van der Waals surface area (Å²) in [6.07, 6.45) is 1.95. The lowest BCUT2D eigenvalue weighted by molar-refractivity contribution is -0.384. The Hall–Kier alpha value is -2.96. The van der Waals surface area contributed by atoms with Crippen molar-refractivity contribution in [3.63, 3.8) is 0 Å². The van der Waals surface area contributed by atoms with Crippen LogP contribution in [0.2, 0.25) is 0 Å². The van der Waals surface area contributed by atoms with Gasteiger partial charge in [-0.1, -0.05) is 12.1 Å². The van der Waals surface area contributed by atoms with Gasteiger partial charge in [0, 0.05) is 18.2 Å². The van der Waals surface area contributed by atoms with Crippen LogP contribution in [0.1, 0.15) is 12.5 Å². The largest absolute Gasteiger partial charge is 0.478 e. The van der Waals surface area contributed by atoms with Crippen molar-refractivity contribution in [2.45, 2.75) is 6.92 Å². The number of nitro groups is 1. The number of nitro benzene ring substituents is 1. The SMILES string of the molecule is CC(=CC(=O)O)C(=Cc1cccc([N+](=O)[O-])c1)C(=O)O. The number of non-ortho nitro benzene ring substituents is 1. The minimum atomic E-state index is -1.31. The Balaban J connectivity index is 3.28. The zero-order valence-corrected chi connectivity index (χ0v) is 10.4. The van der Waals surface area contributed by atoms with Gasteiger partial charge < -0.3 is 10.2 Å². The Morgan fingerprint density at radius 2 is 1.95 bits per heavy atom. The van der Waals surface area contributed by atoms with Crippen LogP contribution in [-0.2, 0) is 9.59 Å². The molecule has 0 amide bonds. The van der Waals surface area contributed by atoms with Crippen LogP contribution in [0.15, 0.2) is 41.5 Å². The van der Waals surface area contributed by atoms with E-state index in [9.17, 15) is 19.7 Å². The van der Waals surface area contributed by atoms with Crippen molar-refractivity contribution in [2.24, 2.45) is 0 Å². The van der Waals surface area contributed by atoms with Gasteiger partial charge in [0.1, 0.15) is 0 Å². The highest BCUT2D eigenvalue weighted by atomic mass is 16.6. The first-order valence-corrected chi connectivity index (χ1v) is 5.42. The van der Waals surface area contributed by atoms with Crippen LogP contribution in [-0.4, -0.2) is 27.1 Å². The summed E-state index contributed by atoms with van der Waals surface area (Å²) < 4.78 is 0. The average molecular weight is 277 g/mol. The van der Waals surface area contributed by atoms with Crippen molar-refractivity contribution >= 4 is 23.7 Å². The molecule has 104 valence electrons. The molecule has 0 fully saturated rings. The molecule has 7 nitrogen and oxygen atoms in total. The minimum Gasteiger partial charge on any atom is -0.478 e. The third kappa shape index (κ3) is 4.05. The lowest BCUT2D eigenvalue weighted by atomic mass is 10.0. The van der Waals surface area contributed by atoms with Crippen molar-refractivity contribution in [3.05, 3.63) is 57.2 Å². The molecule has 1 rings (SSSR count). The van der Waals surface area contributed by atoms with Crippen LogP contribution in [0.3, 0.4) is 0 Å². The van der Waals surface area contributed by atoms with Gasteiger partial charge in [0.2, 0.25) is 0 Å². The third-order valence-electron chi connectivity index (χ3n) is 2.39. The number of benzene rings is 1. The number of hydrogen-bond acceptors (Lipinski definition) is 4. The van der Waals surface area contributed by atoms with E-state index in [2.05, 4.69) is 0 Å². The van der Waals surface area contributed by atoms with Gasteiger partial charge in [-0.2, -0.15) is 0 Å². The molecule has 7 heteroatoms. The molecule has 0 aliphatic heterocycles. The van der Waals surface area contributed by atoms with Gasteiger partial charge in [-0.25, -0.2) is 9.59 Å². The Kier molecular flexibility index (Phi) is 4.74. The molecule has 0 radical (unpaired) electrons. The number of aliphatic carboxylic acids is 2. The van der Waals surface area contributed by atoms with Gasteiger partial charge in [-0.15, -0.1) is 0 Å². The highest BCUT2D eigenvalue weighted by Crippen LogP contribution is 2.19. The van der Waals surface area contributed by atoms with Crippen molar-refractivity contribution in [2.75, 3.05) is 0 Å². The van der Waals surface area contributed by atoms with Gasteiger partial charge in [0.15, 0.2) is 0 Å². The molecule has 20 heavy (non-hydrogen) atoms. The van der Waals surface area contributed by atoms with E-state index < -0.39 is 16.9 Å². The van der Waals surface area contributed by atoms with E-state index in [0.717, 1.165) is 6.08 Å². The summed E-state index contributed by atoms with van der Waals surface area (Å²) in [5.41, 5.74) is -0.0810. The van der Waals surface area contributed by atoms with E-state index in [1.165, 1.54) is 37.3 Å². The van der Waals surface area contributed by atoms with Gasteiger partial charge >= 0.3 is 11.9 Å². The summed E-state index contributed by atoms with van der Waals surface area (Å²) in [5.74, 6) is -2.58. The molecule has 2 N–H and O–H groups in total. The van der Waals surface area contributed by atoms with E-state index >= 15 is 0 Å². The van der Waals surface area contributed by atoms with Crippen molar-refractivity contribution in [3.8, 4) is 0 Å². The molecule has 0 aliphatic rings. The highest BCUT2D eigenvalue weighted by molar-refractivity contribution is 5.99. The topological polar surface area (TPSA) is 118 Å². The lowest BCUT2D eigenvalue weighted by Gasteiger charge is -2.02. The van der Waals surface area contributed by atoms with Crippen LogP contribution < -0.4 is 0 Å². The Morgan fingerprint density at radius 3 is 2.45 bits per heavy atom. The van der Waals surface area contributed by atoms with Gasteiger partial charge in [-0.3, -0.25) is 10.1 Å². The first-order valence-electron chi connectivity index (χ1n) is 5.42. The molecule has 1 aromatic rings. The molecular formula is C13H11NO6. The van der Waals surface area contributed by atoms with Crippen LogP contribution in [0.4, 0.5) is 5.69 Å². The molecule has 0 aromatic heterocycles. The van der Waals surface area contributed by atoms with E-state index in [-0.39, 0.29) is 16.8 Å². The molecule has 0 bridgehead atoms. The Labute approximate surface area is 113 Å². The summed E-state index contributed by atoms with van der Waals surface area (Å²) in [4.78, 5) is 31.7. The number of carboxylic acid groups (broad SMARTS) is 2. The number of hydrogen-bond donors (Lipinski definition) is 2. The molecule has 0 unspecified atom stereocenters. The van der Waals surface area contributed by atoms with Crippen molar-refractivity contribution in [1.29, 1.82) is 0 Å². The summed E-state index contributed by atoms with van der Waals surface area (Å²) in [7, 11) is 0. The molecule has 0 heterocycles. The van der Waals surface area contributed by atoms with Gasteiger partial charge in [0.05, 0.1) is 10.5 Å². The van der Waals surface area contributed by atoms with Crippen LogP contribution in [0, 0.1) is 10.1 Å². The Morgan fingerprint density at radius 1 is 1.30 bits per heavy atom. The minimum absolute atomic E-state index is 0.0384. The normalized spacial score (nSPS) is 12.1. The van der Waals surface area contributed by atoms with Crippen molar-refractivity contribution < 1.29 is 24.7 Å². The number of rotatable bonds is 5. The molecular weight excluding hydrogens is 266 g/mol. The van der Waals surface area contributed by atoms with E-state index in [0.29, 0.717) is 5.56 Å². The van der Waals surface area contributed by atoms with Crippen LogP contribution >= 0.6 is 0 Å². The molecule has 0 saturated heterocycles. The summed E-state index contributed by atoms with van der Waals surface area (Å²) >= 11 is 0. The fraction of sp³-hybridized carbons (Fsp3) is 0.0769. The molecule has 0 saturated carbocycles. The summed E-state index contributed by atoms with van der Waals surface area (Å²) in [5, 5.41) is 28.3. The number of carbonyl (C=O) groups is 2. The van der Waals surface area contributed by atoms with Crippen molar-refractivity contribution in [1.82, 2.24) is 0 Å². The van der Waals surface area contributed by atoms with Crippen LogP contribution in [0.5, 0.6) is 0 Å². The summed E-state index contributed by atoms with van der Waals surface area (Å²) in [6, 6.07) is 5.39. The molecule has 0 aliphatic carbocycles. The first-order chi connectivity index (χ1) is 9.31. The van der Waals surface area contributed by atoms with E-state index in [1.807, 2.05) is 0 Å². The number of nitrogens with zero attached hydrogens (tertiary/aromatic N) is 1. The second-order valence-electron chi connectivity index (χ2n) is 3.88. The highest BCUT2D eigenvalue weighted by Gasteiger charge is 2.12. The van der Waals surface area contributed by atoms with E-state index in [4.69, 9.17) is 10.2 Å². The Bertz CT molecular complexity index is 630. The standard InChI is InChI=1S/C13H11NO6/c1-8(5-12(15)16)11(13(17)18)7-9-3-2-4-10(6-9)14(19)20/h2-7H,1H3,(H,15,16)(H,17,18). The third-order valence-corrected chi connectivity index (χ3v) is 2.39. The number of carboxylic acids is 2. The quantitative estimate of drug-likeness (QED) is 0.368. The fourth-order valence-electron chi connectivity index (χ4n) is 1.50. The lowest BCUT2D eigenvalue weighted by Crippen LogP contribution is -2.03. The average Bonchev–Trinajstić information content (AvgIpc) is 2.34. The first kappa shape index (κ1) is 15.1. The second-order valence-corrected chi connectivity index (χ2v) is 3.88. The second kappa shape index (κ2) is 6.28. The maximum absolute atomic E-state index is 11.1.